The molecular weight excluding hydrogens is 316 g/mol. The fraction of sp³-hybridized carbons (Fsp3) is 0.176. The van der Waals surface area contributed by atoms with Crippen LogP contribution in [0.1, 0.15) is 21.5 Å². The lowest BCUT2D eigenvalue weighted by atomic mass is 10.1. The highest BCUT2D eigenvalue weighted by Crippen LogP contribution is 2.20. The minimum atomic E-state index is -0.634. The molecule has 2 rings (SSSR count). The van der Waals surface area contributed by atoms with E-state index in [9.17, 15) is 9.59 Å². The van der Waals surface area contributed by atoms with E-state index in [0.29, 0.717) is 5.02 Å². The molecule has 0 aromatic heterocycles. The van der Waals surface area contributed by atoms with E-state index in [0.717, 1.165) is 16.8 Å². The van der Waals surface area contributed by atoms with E-state index < -0.39 is 11.9 Å². The number of hydrogen-bond donors (Lipinski definition) is 2. The number of carbonyl (C=O) groups excluding carboxylic acids is 2. The molecule has 0 bridgehead atoms. The van der Waals surface area contributed by atoms with Crippen LogP contribution in [-0.2, 0) is 9.53 Å². The summed E-state index contributed by atoms with van der Waals surface area (Å²) in [5.74, 6) is -1.04. The lowest BCUT2D eigenvalue weighted by molar-refractivity contribution is -0.119. The van der Waals surface area contributed by atoms with Crippen LogP contribution in [0.25, 0.3) is 0 Å². The molecule has 0 fully saturated rings. The van der Waals surface area contributed by atoms with Gasteiger partial charge in [-0.25, -0.2) is 4.79 Å². The van der Waals surface area contributed by atoms with Crippen molar-refractivity contribution in [1.29, 1.82) is 0 Å². The summed E-state index contributed by atoms with van der Waals surface area (Å²) in [5.41, 5.74) is 8.76. The van der Waals surface area contributed by atoms with Crippen molar-refractivity contribution in [3.8, 4) is 0 Å². The fourth-order valence-electron chi connectivity index (χ4n) is 2.07. The van der Waals surface area contributed by atoms with E-state index in [1.807, 2.05) is 32.0 Å². The summed E-state index contributed by atoms with van der Waals surface area (Å²) in [6, 6.07) is 10.1. The van der Waals surface area contributed by atoms with Crippen molar-refractivity contribution >= 4 is 34.9 Å². The Morgan fingerprint density at radius 1 is 1.17 bits per heavy atom. The Hall–Kier alpha value is -2.53. The fourth-order valence-corrected chi connectivity index (χ4v) is 2.19. The molecule has 0 heterocycles. The molecule has 0 unspecified atom stereocenters. The number of halogens is 1. The minimum absolute atomic E-state index is 0.242. The Kier molecular flexibility index (Phi) is 5.24. The topological polar surface area (TPSA) is 81.4 Å². The molecule has 0 saturated carbocycles. The minimum Gasteiger partial charge on any atom is -0.452 e. The third kappa shape index (κ3) is 4.23. The molecule has 0 atom stereocenters. The quantitative estimate of drug-likeness (QED) is 0.664. The van der Waals surface area contributed by atoms with Gasteiger partial charge in [0.05, 0.1) is 16.3 Å². The van der Waals surface area contributed by atoms with Crippen molar-refractivity contribution in [1.82, 2.24) is 0 Å². The number of benzene rings is 2. The molecule has 6 heteroatoms. The molecule has 0 spiro atoms. The molecule has 0 radical (unpaired) electrons. The van der Waals surface area contributed by atoms with Crippen LogP contribution in [-0.4, -0.2) is 18.5 Å². The van der Waals surface area contributed by atoms with E-state index in [2.05, 4.69) is 5.32 Å². The molecule has 0 aliphatic carbocycles. The number of amides is 1. The van der Waals surface area contributed by atoms with Crippen molar-refractivity contribution in [2.75, 3.05) is 17.7 Å². The number of ether oxygens (including phenoxy) is 1. The van der Waals surface area contributed by atoms with Gasteiger partial charge >= 0.3 is 5.97 Å². The van der Waals surface area contributed by atoms with Crippen LogP contribution in [0.2, 0.25) is 5.02 Å². The molecule has 2 aromatic rings. The van der Waals surface area contributed by atoms with Crippen LogP contribution in [0, 0.1) is 13.8 Å². The largest absolute Gasteiger partial charge is 0.452 e. The zero-order chi connectivity index (χ0) is 17.0. The predicted molar refractivity (Wildman–Crippen MR) is 90.7 cm³/mol. The number of carbonyl (C=O) groups is 2. The van der Waals surface area contributed by atoms with E-state index in [1.54, 1.807) is 0 Å². The second-order valence-corrected chi connectivity index (χ2v) is 5.53. The molecule has 5 nitrogen and oxygen atoms in total. The van der Waals surface area contributed by atoms with Gasteiger partial charge in [0.1, 0.15) is 0 Å². The Morgan fingerprint density at radius 2 is 1.83 bits per heavy atom. The lowest BCUT2D eigenvalue weighted by Gasteiger charge is -2.11. The predicted octanol–water partition coefficient (Wildman–Crippen LogP) is 3.33. The van der Waals surface area contributed by atoms with Crippen LogP contribution >= 0.6 is 11.6 Å². The number of nitrogens with two attached hydrogens (primary N) is 1. The molecule has 120 valence electrons. The number of rotatable bonds is 4. The lowest BCUT2D eigenvalue weighted by Crippen LogP contribution is -2.21. The number of para-hydroxylation sites is 1. The number of hydrogen-bond acceptors (Lipinski definition) is 4. The molecule has 0 aliphatic rings. The van der Waals surface area contributed by atoms with Crippen molar-refractivity contribution < 1.29 is 14.3 Å². The summed E-state index contributed by atoms with van der Waals surface area (Å²) < 4.78 is 4.99. The maximum Gasteiger partial charge on any atom is 0.338 e. The summed E-state index contributed by atoms with van der Waals surface area (Å²) >= 11 is 5.79. The smallest absolute Gasteiger partial charge is 0.338 e. The summed E-state index contributed by atoms with van der Waals surface area (Å²) in [6.45, 7) is 3.41. The maximum absolute atomic E-state index is 11.9. The van der Waals surface area contributed by atoms with Gasteiger partial charge in [-0.15, -0.1) is 0 Å². The van der Waals surface area contributed by atoms with Crippen LogP contribution < -0.4 is 11.1 Å². The average Bonchev–Trinajstić information content (AvgIpc) is 2.51. The second kappa shape index (κ2) is 7.15. The average molecular weight is 333 g/mol. The number of esters is 1. The van der Waals surface area contributed by atoms with Crippen molar-refractivity contribution in [3.63, 3.8) is 0 Å². The highest BCUT2D eigenvalue weighted by Gasteiger charge is 2.13. The Labute approximate surface area is 139 Å². The first kappa shape index (κ1) is 16.8. The van der Waals surface area contributed by atoms with Crippen molar-refractivity contribution in [2.24, 2.45) is 0 Å². The Balaban J connectivity index is 1.96. The maximum atomic E-state index is 11.9. The highest BCUT2D eigenvalue weighted by molar-refractivity contribution is 6.33. The molecule has 0 aliphatic heterocycles. The Bertz CT molecular complexity index is 739. The van der Waals surface area contributed by atoms with Crippen LogP contribution in [0.3, 0.4) is 0 Å². The first-order valence-electron chi connectivity index (χ1n) is 6.96. The number of nitrogens with one attached hydrogen (secondary N) is 1. The third-order valence-electron chi connectivity index (χ3n) is 3.31. The number of anilines is 2. The van der Waals surface area contributed by atoms with Crippen molar-refractivity contribution in [2.45, 2.75) is 13.8 Å². The molecule has 23 heavy (non-hydrogen) atoms. The zero-order valence-electron chi connectivity index (χ0n) is 12.9. The molecule has 3 N–H and O–H groups in total. The van der Waals surface area contributed by atoms with Gasteiger partial charge in [-0.2, -0.15) is 0 Å². The molecule has 1 amide bonds. The van der Waals surface area contributed by atoms with Gasteiger partial charge in [0, 0.05) is 5.69 Å². The second-order valence-electron chi connectivity index (χ2n) is 5.13. The van der Waals surface area contributed by atoms with Crippen LogP contribution in [0.15, 0.2) is 36.4 Å². The normalized spacial score (nSPS) is 10.2. The van der Waals surface area contributed by atoms with Gasteiger partial charge in [-0.05, 0) is 43.2 Å². The zero-order valence-corrected chi connectivity index (χ0v) is 13.6. The first-order valence-corrected chi connectivity index (χ1v) is 7.34. The molecule has 0 saturated heterocycles. The monoisotopic (exact) mass is 332 g/mol. The van der Waals surface area contributed by atoms with E-state index in [4.69, 9.17) is 22.1 Å². The van der Waals surface area contributed by atoms with Crippen LogP contribution in [0.4, 0.5) is 11.4 Å². The summed E-state index contributed by atoms with van der Waals surface area (Å²) in [6.07, 6.45) is 0. The summed E-state index contributed by atoms with van der Waals surface area (Å²) in [5, 5.41) is 3.10. The van der Waals surface area contributed by atoms with E-state index >= 15 is 0 Å². The van der Waals surface area contributed by atoms with Crippen molar-refractivity contribution in [3.05, 3.63) is 58.1 Å². The van der Waals surface area contributed by atoms with Gasteiger partial charge in [0.2, 0.25) is 0 Å². The van der Waals surface area contributed by atoms with E-state index in [1.165, 1.54) is 18.2 Å². The van der Waals surface area contributed by atoms with Gasteiger partial charge in [-0.3, -0.25) is 4.79 Å². The van der Waals surface area contributed by atoms with Gasteiger partial charge in [0.25, 0.3) is 5.91 Å². The molecular formula is C17H17ClN2O3. The van der Waals surface area contributed by atoms with Gasteiger partial charge < -0.3 is 15.8 Å². The Morgan fingerprint density at radius 3 is 2.43 bits per heavy atom. The SMILES string of the molecule is Cc1cccc(C)c1NC(=O)COC(=O)c1ccc(Cl)c(N)c1. The van der Waals surface area contributed by atoms with Crippen LogP contribution in [0.5, 0.6) is 0 Å². The third-order valence-corrected chi connectivity index (χ3v) is 3.66. The molecule has 2 aromatic carbocycles. The number of nitrogen functional groups attached to an aromatic ring is 1. The summed E-state index contributed by atoms with van der Waals surface area (Å²) in [4.78, 5) is 23.8. The van der Waals surface area contributed by atoms with E-state index in [-0.39, 0.29) is 17.9 Å². The standard InChI is InChI=1S/C17H17ClN2O3/c1-10-4-3-5-11(2)16(10)20-15(21)9-23-17(22)12-6-7-13(18)14(19)8-12/h3-8H,9,19H2,1-2H3,(H,20,21). The van der Waals surface area contributed by atoms with Gasteiger partial charge in [0.15, 0.2) is 6.61 Å². The highest BCUT2D eigenvalue weighted by atomic mass is 35.5. The van der Waals surface area contributed by atoms with Gasteiger partial charge in [-0.1, -0.05) is 29.8 Å². The first-order chi connectivity index (χ1) is 10.9. The summed E-state index contributed by atoms with van der Waals surface area (Å²) in [7, 11) is 0. The number of aryl methyl sites for hydroxylation is 2.